The topological polar surface area (TPSA) is 80.2 Å². The Labute approximate surface area is 143 Å². The van der Waals surface area contributed by atoms with E-state index in [4.69, 9.17) is 9.15 Å². The largest absolute Gasteiger partial charge is 0.497 e. The molecule has 2 heterocycles. The van der Waals surface area contributed by atoms with Gasteiger partial charge in [0.2, 0.25) is 0 Å². The molecule has 0 bridgehead atoms. The van der Waals surface area contributed by atoms with E-state index in [1.54, 1.807) is 19.2 Å². The number of amides is 1. The van der Waals surface area contributed by atoms with Crippen LogP contribution in [0.25, 0.3) is 22.0 Å². The van der Waals surface area contributed by atoms with Crippen LogP contribution in [-0.2, 0) is 0 Å². The molecule has 4 rings (SSSR count). The van der Waals surface area contributed by atoms with Gasteiger partial charge in [-0.05, 0) is 47.5 Å². The smallest absolute Gasteiger partial charge is 0.292 e. The fraction of sp³-hybridized carbons (Fsp3) is 0.0526. The first-order valence-electron chi connectivity index (χ1n) is 7.72. The van der Waals surface area contributed by atoms with E-state index in [-0.39, 0.29) is 11.7 Å². The van der Waals surface area contributed by atoms with Crippen molar-refractivity contribution in [2.24, 2.45) is 0 Å². The fourth-order valence-electron chi connectivity index (χ4n) is 2.67. The van der Waals surface area contributed by atoms with Gasteiger partial charge in [-0.25, -0.2) is 0 Å². The van der Waals surface area contributed by atoms with Crippen molar-refractivity contribution < 1.29 is 13.9 Å². The van der Waals surface area contributed by atoms with Crippen LogP contribution in [0.3, 0.4) is 0 Å². The number of carbonyl (C=O) groups is 1. The maximum absolute atomic E-state index is 12.1. The van der Waals surface area contributed by atoms with Crippen molar-refractivity contribution in [3.8, 4) is 16.9 Å². The lowest BCUT2D eigenvalue weighted by Crippen LogP contribution is -2.11. The maximum atomic E-state index is 12.1. The van der Waals surface area contributed by atoms with Gasteiger partial charge < -0.3 is 14.5 Å². The van der Waals surface area contributed by atoms with Crippen LogP contribution in [-0.4, -0.2) is 23.2 Å². The summed E-state index contributed by atoms with van der Waals surface area (Å²) < 4.78 is 10.4. The monoisotopic (exact) mass is 333 g/mol. The number of ether oxygens (including phenoxy) is 1. The van der Waals surface area contributed by atoms with E-state index < -0.39 is 0 Å². The van der Waals surface area contributed by atoms with E-state index in [1.165, 1.54) is 6.26 Å². The van der Waals surface area contributed by atoms with Crippen molar-refractivity contribution in [3.05, 3.63) is 66.6 Å². The van der Waals surface area contributed by atoms with Crippen molar-refractivity contribution >= 4 is 22.6 Å². The molecule has 0 aliphatic rings. The third-order valence-corrected chi connectivity index (χ3v) is 3.94. The van der Waals surface area contributed by atoms with Crippen LogP contribution in [0.1, 0.15) is 10.6 Å². The van der Waals surface area contributed by atoms with Gasteiger partial charge >= 0.3 is 0 Å². The van der Waals surface area contributed by atoms with Crippen molar-refractivity contribution in [3.63, 3.8) is 0 Å². The summed E-state index contributed by atoms with van der Waals surface area (Å²) in [5.74, 6) is 1.17. The molecule has 0 radical (unpaired) electrons. The molecule has 0 saturated heterocycles. The standard InChI is InChI=1S/C19H15N3O3/c1-24-14-5-2-4-12(10-14)13-7-8-15-16(11-13)21-22-18(15)20-19(23)17-6-3-9-25-17/h2-11H,1H3,(H2,20,21,22,23). The first kappa shape index (κ1) is 15.0. The summed E-state index contributed by atoms with van der Waals surface area (Å²) >= 11 is 0. The lowest BCUT2D eigenvalue weighted by atomic mass is 10.0. The number of fused-ring (bicyclic) bond motifs is 1. The molecule has 0 aliphatic heterocycles. The highest BCUT2D eigenvalue weighted by Crippen LogP contribution is 2.29. The van der Waals surface area contributed by atoms with Gasteiger partial charge in [0.15, 0.2) is 11.6 Å². The number of aromatic amines is 1. The Balaban J connectivity index is 1.65. The van der Waals surface area contributed by atoms with E-state index in [0.29, 0.717) is 5.82 Å². The summed E-state index contributed by atoms with van der Waals surface area (Å²) in [6, 6.07) is 17.0. The Kier molecular flexibility index (Phi) is 3.70. The Bertz CT molecular complexity index is 1040. The summed E-state index contributed by atoms with van der Waals surface area (Å²) in [5.41, 5.74) is 2.89. The first-order valence-corrected chi connectivity index (χ1v) is 7.72. The Morgan fingerprint density at radius 1 is 1.12 bits per heavy atom. The fourth-order valence-corrected chi connectivity index (χ4v) is 2.67. The molecule has 0 saturated carbocycles. The molecule has 6 heteroatoms. The number of nitrogens with zero attached hydrogens (tertiary/aromatic N) is 1. The summed E-state index contributed by atoms with van der Waals surface area (Å²) in [6.07, 6.45) is 1.46. The van der Waals surface area contributed by atoms with Crippen molar-refractivity contribution in [1.29, 1.82) is 0 Å². The number of nitrogens with one attached hydrogen (secondary N) is 2. The zero-order valence-corrected chi connectivity index (χ0v) is 13.4. The molecule has 6 nitrogen and oxygen atoms in total. The van der Waals surface area contributed by atoms with Crippen molar-refractivity contribution in [2.75, 3.05) is 12.4 Å². The highest BCUT2D eigenvalue weighted by Gasteiger charge is 2.13. The van der Waals surface area contributed by atoms with Gasteiger partial charge in [0.05, 0.1) is 18.9 Å². The molecule has 25 heavy (non-hydrogen) atoms. The number of H-pyrrole nitrogens is 1. The number of aromatic nitrogens is 2. The number of carbonyl (C=O) groups excluding carboxylic acids is 1. The number of methoxy groups -OCH3 is 1. The van der Waals surface area contributed by atoms with E-state index in [2.05, 4.69) is 15.5 Å². The number of hydrogen-bond acceptors (Lipinski definition) is 4. The minimum absolute atomic E-state index is 0.240. The second-order valence-corrected chi connectivity index (χ2v) is 5.50. The van der Waals surface area contributed by atoms with Crippen LogP contribution >= 0.6 is 0 Å². The van der Waals surface area contributed by atoms with Crippen LogP contribution in [0.4, 0.5) is 5.82 Å². The van der Waals surface area contributed by atoms with Crippen LogP contribution < -0.4 is 10.1 Å². The van der Waals surface area contributed by atoms with Gasteiger partial charge in [-0.3, -0.25) is 9.89 Å². The van der Waals surface area contributed by atoms with Crippen LogP contribution in [0.15, 0.2) is 65.3 Å². The molecule has 0 atom stereocenters. The van der Waals surface area contributed by atoms with Gasteiger partial charge in [0.25, 0.3) is 5.91 Å². The molecule has 0 spiro atoms. The lowest BCUT2D eigenvalue weighted by Gasteiger charge is -2.05. The molecular weight excluding hydrogens is 318 g/mol. The minimum Gasteiger partial charge on any atom is -0.497 e. The minimum atomic E-state index is -0.338. The molecular formula is C19H15N3O3. The van der Waals surface area contributed by atoms with Gasteiger partial charge in [-0.15, -0.1) is 0 Å². The van der Waals surface area contributed by atoms with Gasteiger partial charge in [-0.2, -0.15) is 5.10 Å². The highest BCUT2D eigenvalue weighted by molar-refractivity contribution is 6.06. The van der Waals surface area contributed by atoms with Crippen LogP contribution in [0, 0.1) is 0 Å². The maximum Gasteiger partial charge on any atom is 0.292 e. The van der Waals surface area contributed by atoms with E-state index in [1.807, 2.05) is 42.5 Å². The third kappa shape index (κ3) is 2.85. The average molecular weight is 333 g/mol. The first-order chi connectivity index (χ1) is 12.2. The Hall–Kier alpha value is -3.54. The highest BCUT2D eigenvalue weighted by atomic mass is 16.5. The molecule has 0 aliphatic carbocycles. The van der Waals surface area contributed by atoms with Crippen molar-refractivity contribution in [2.45, 2.75) is 0 Å². The number of benzene rings is 2. The molecule has 0 fully saturated rings. The number of furan rings is 1. The zero-order chi connectivity index (χ0) is 17.2. The zero-order valence-electron chi connectivity index (χ0n) is 13.4. The third-order valence-electron chi connectivity index (χ3n) is 3.94. The van der Waals surface area contributed by atoms with E-state index in [0.717, 1.165) is 27.8 Å². The van der Waals surface area contributed by atoms with Crippen molar-refractivity contribution in [1.82, 2.24) is 10.2 Å². The molecule has 2 aromatic heterocycles. The Morgan fingerprint density at radius 3 is 2.80 bits per heavy atom. The van der Waals surface area contributed by atoms with Crippen LogP contribution in [0.2, 0.25) is 0 Å². The number of rotatable bonds is 4. The average Bonchev–Trinajstić information content (AvgIpc) is 3.32. The predicted molar refractivity (Wildman–Crippen MR) is 94.7 cm³/mol. The van der Waals surface area contributed by atoms with Gasteiger partial charge in [0, 0.05) is 5.39 Å². The van der Waals surface area contributed by atoms with Crippen LogP contribution in [0.5, 0.6) is 5.75 Å². The summed E-state index contributed by atoms with van der Waals surface area (Å²) in [5, 5.41) is 10.7. The molecule has 1 amide bonds. The molecule has 124 valence electrons. The lowest BCUT2D eigenvalue weighted by molar-refractivity contribution is 0.0996. The SMILES string of the molecule is COc1cccc(-c2ccc3c(NC(=O)c4ccco4)n[nH]c3c2)c1. The second-order valence-electron chi connectivity index (χ2n) is 5.50. The molecule has 0 unspecified atom stereocenters. The van der Waals surface area contributed by atoms with E-state index >= 15 is 0 Å². The summed E-state index contributed by atoms with van der Waals surface area (Å²) in [6.45, 7) is 0. The molecule has 2 N–H and O–H groups in total. The number of anilines is 1. The molecule has 4 aromatic rings. The predicted octanol–water partition coefficient (Wildman–Crippen LogP) is 4.08. The second kappa shape index (κ2) is 6.16. The van der Waals surface area contributed by atoms with Gasteiger partial charge in [0.1, 0.15) is 5.75 Å². The number of hydrogen-bond donors (Lipinski definition) is 2. The Morgan fingerprint density at radius 2 is 2.00 bits per heavy atom. The normalized spacial score (nSPS) is 10.8. The summed E-state index contributed by atoms with van der Waals surface area (Å²) in [4.78, 5) is 12.1. The molecule has 2 aromatic carbocycles. The van der Waals surface area contributed by atoms with Gasteiger partial charge in [-0.1, -0.05) is 18.2 Å². The summed E-state index contributed by atoms with van der Waals surface area (Å²) in [7, 11) is 1.64. The quantitative estimate of drug-likeness (QED) is 0.589. The van der Waals surface area contributed by atoms with E-state index in [9.17, 15) is 4.79 Å².